The quantitative estimate of drug-likeness (QED) is 0.484. The van der Waals surface area contributed by atoms with Crippen LogP contribution in [0, 0.1) is 0 Å². The zero-order valence-electron chi connectivity index (χ0n) is 15.1. The summed E-state index contributed by atoms with van der Waals surface area (Å²) < 4.78 is 5.45. The number of halogens is 1. The molecule has 144 valence electrons. The molecule has 0 saturated heterocycles. The molecule has 1 aliphatic rings. The van der Waals surface area contributed by atoms with Crippen LogP contribution in [-0.2, 0) is 6.42 Å². The summed E-state index contributed by atoms with van der Waals surface area (Å²) in [5.41, 5.74) is 3.08. The molecular formula is C22H15ClN2O3S. The van der Waals surface area contributed by atoms with Crippen molar-refractivity contribution in [2.24, 2.45) is 0 Å². The summed E-state index contributed by atoms with van der Waals surface area (Å²) in [4.78, 5) is 33.0. The summed E-state index contributed by atoms with van der Waals surface area (Å²) >= 11 is 7.32. The Morgan fingerprint density at radius 3 is 2.69 bits per heavy atom. The molecule has 5 nitrogen and oxygen atoms in total. The third-order valence-electron chi connectivity index (χ3n) is 5.13. The largest absolute Gasteiger partial charge is 0.469 e. The third kappa shape index (κ3) is 3.34. The van der Waals surface area contributed by atoms with Crippen LogP contribution in [0.15, 0.2) is 63.3 Å². The molecule has 0 bridgehead atoms. The number of nitrogens with one attached hydrogen (secondary N) is 1. The number of fused-ring (bicyclic) bond motifs is 1. The van der Waals surface area contributed by atoms with Crippen molar-refractivity contribution < 1.29 is 9.21 Å². The average Bonchev–Trinajstić information content (AvgIpc) is 3.40. The molecule has 7 heteroatoms. The van der Waals surface area contributed by atoms with Crippen LogP contribution < -0.4 is 5.56 Å². The van der Waals surface area contributed by atoms with E-state index in [4.69, 9.17) is 16.0 Å². The number of pyridine rings is 1. The molecular weight excluding hydrogens is 408 g/mol. The Morgan fingerprint density at radius 1 is 1.10 bits per heavy atom. The number of carbonyl (C=O) groups excluding carboxylic acids is 1. The fourth-order valence-electron chi connectivity index (χ4n) is 3.67. The van der Waals surface area contributed by atoms with Gasteiger partial charge in [0.2, 0.25) is 0 Å². The average molecular weight is 423 g/mol. The van der Waals surface area contributed by atoms with Crippen LogP contribution in [0.4, 0.5) is 0 Å². The predicted molar refractivity (Wildman–Crippen MR) is 113 cm³/mol. The van der Waals surface area contributed by atoms with Crippen molar-refractivity contribution in [2.45, 2.75) is 18.8 Å². The summed E-state index contributed by atoms with van der Waals surface area (Å²) in [5, 5.41) is 3.13. The van der Waals surface area contributed by atoms with Crippen molar-refractivity contribution in [1.82, 2.24) is 9.97 Å². The van der Waals surface area contributed by atoms with Gasteiger partial charge in [0.25, 0.3) is 5.56 Å². The number of hydrogen-bond acceptors (Lipinski definition) is 5. The van der Waals surface area contributed by atoms with Crippen molar-refractivity contribution in [3.63, 3.8) is 0 Å². The number of hydrogen-bond donors (Lipinski definition) is 1. The lowest BCUT2D eigenvalue weighted by Gasteiger charge is -2.22. The lowest BCUT2D eigenvalue weighted by molar-refractivity contribution is 0.0959. The number of ketones is 1. The second-order valence-electron chi connectivity index (χ2n) is 6.99. The minimum atomic E-state index is -0.242. The number of rotatable bonds is 3. The lowest BCUT2D eigenvalue weighted by atomic mass is 9.84. The zero-order valence-corrected chi connectivity index (χ0v) is 16.7. The van der Waals surface area contributed by atoms with E-state index in [2.05, 4.69) is 9.97 Å². The Kier molecular flexibility index (Phi) is 4.45. The monoisotopic (exact) mass is 422 g/mol. The van der Waals surface area contributed by atoms with Crippen LogP contribution in [0.1, 0.15) is 34.2 Å². The molecule has 1 atom stereocenters. The first-order valence-corrected chi connectivity index (χ1v) is 10.4. The van der Waals surface area contributed by atoms with Gasteiger partial charge in [-0.3, -0.25) is 9.59 Å². The predicted octanol–water partition coefficient (Wildman–Crippen LogP) is 5.32. The van der Waals surface area contributed by atoms with Gasteiger partial charge in [-0.25, -0.2) is 4.98 Å². The fourth-order valence-corrected chi connectivity index (χ4v) is 4.63. The van der Waals surface area contributed by atoms with Gasteiger partial charge in [-0.2, -0.15) is 0 Å². The maximum absolute atomic E-state index is 12.8. The molecule has 3 heterocycles. The number of aromatic nitrogens is 2. The first kappa shape index (κ1) is 18.1. The Labute approximate surface area is 175 Å². The van der Waals surface area contributed by atoms with E-state index < -0.39 is 0 Å². The highest BCUT2D eigenvalue weighted by atomic mass is 35.5. The van der Waals surface area contributed by atoms with Gasteiger partial charge in [0.15, 0.2) is 5.78 Å². The van der Waals surface area contributed by atoms with Crippen molar-refractivity contribution in [1.29, 1.82) is 0 Å². The molecule has 1 N–H and O–H groups in total. The van der Waals surface area contributed by atoms with Gasteiger partial charge in [0.05, 0.1) is 17.5 Å². The van der Waals surface area contributed by atoms with E-state index in [1.165, 1.54) is 11.3 Å². The summed E-state index contributed by atoms with van der Waals surface area (Å²) in [6, 6.07) is 12.7. The molecule has 4 aromatic rings. The molecule has 3 aromatic heterocycles. The van der Waals surface area contributed by atoms with Crippen molar-refractivity contribution in [3.8, 4) is 21.8 Å². The SMILES string of the molecule is O=C1C[C@@H](c2ccco2)Cc2[nH]c(=O)c(-c3nc(-c4ccc(Cl)cc4)cs3)cc21. The molecule has 0 saturated carbocycles. The number of benzene rings is 1. The standard InChI is InChI=1S/C22H15ClN2O3S/c23-14-5-3-12(4-6-14)18-11-29-22(25-18)16-10-15-17(24-21(16)27)8-13(9-19(15)26)20-2-1-7-28-20/h1-7,10-11,13H,8-9H2,(H,24,27)/t13-/m0/s1. The number of thiazole rings is 1. The Morgan fingerprint density at radius 2 is 1.93 bits per heavy atom. The maximum atomic E-state index is 12.8. The van der Waals surface area contributed by atoms with Crippen molar-refractivity contribution in [3.05, 3.63) is 86.5 Å². The van der Waals surface area contributed by atoms with Gasteiger partial charge in [-0.05, 0) is 36.8 Å². The Hall–Kier alpha value is -2.96. The molecule has 5 rings (SSSR count). The number of Topliss-reactive ketones (excluding diaryl/α,β-unsaturated/α-hetero) is 1. The van der Waals surface area contributed by atoms with E-state index in [1.54, 1.807) is 24.5 Å². The summed E-state index contributed by atoms with van der Waals surface area (Å²) in [6.07, 6.45) is 2.53. The molecule has 0 fully saturated rings. The van der Waals surface area contributed by atoms with Crippen LogP contribution in [0.5, 0.6) is 0 Å². The van der Waals surface area contributed by atoms with Gasteiger partial charge >= 0.3 is 0 Å². The Balaban J connectivity index is 1.50. The van der Waals surface area contributed by atoms with Crippen LogP contribution in [-0.4, -0.2) is 15.8 Å². The summed E-state index contributed by atoms with van der Waals surface area (Å²) in [6.45, 7) is 0. The van der Waals surface area contributed by atoms with Crippen LogP contribution in [0.2, 0.25) is 5.02 Å². The molecule has 29 heavy (non-hydrogen) atoms. The van der Waals surface area contributed by atoms with Gasteiger partial charge in [0, 0.05) is 39.6 Å². The molecule has 0 spiro atoms. The lowest BCUT2D eigenvalue weighted by Crippen LogP contribution is -2.24. The van der Waals surface area contributed by atoms with Crippen LogP contribution >= 0.6 is 22.9 Å². The molecule has 1 aromatic carbocycles. The number of aromatic amines is 1. The van der Waals surface area contributed by atoms with Crippen molar-refractivity contribution in [2.75, 3.05) is 0 Å². The minimum absolute atomic E-state index is 0.000342. The van der Waals surface area contributed by atoms with Gasteiger partial charge in [0.1, 0.15) is 10.8 Å². The van der Waals surface area contributed by atoms with Gasteiger partial charge < -0.3 is 9.40 Å². The first-order valence-electron chi connectivity index (χ1n) is 9.13. The van der Waals surface area contributed by atoms with Gasteiger partial charge in [-0.1, -0.05) is 23.7 Å². The van der Waals surface area contributed by atoms with Crippen molar-refractivity contribution >= 4 is 28.7 Å². The van der Waals surface area contributed by atoms with E-state index in [-0.39, 0.29) is 17.3 Å². The molecule has 0 amide bonds. The summed E-state index contributed by atoms with van der Waals surface area (Å²) in [7, 11) is 0. The molecule has 0 aliphatic heterocycles. The molecule has 1 aliphatic carbocycles. The van der Waals surface area contributed by atoms with Crippen LogP contribution in [0.25, 0.3) is 21.8 Å². The highest BCUT2D eigenvalue weighted by molar-refractivity contribution is 7.13. The van der Waals surface area contributed by atoms with E-state index >= 15 is 0 Å². The molecule has 0 radical (unpaired) electrons. The number of carbonyl (C=O) groups is 1. The summed E-state index contributed by atoms with van der Waals surface area (Å²) in [5.74, 6) is 0.712. The highest BCUT2D eigenvalue weighted by Gasteiger charge is 2.29. The molecule has 0 unspecified atom stereocenters. The van der Waals surface area contributed by atoms with E-state index in [0.717, 1.165) is 17.0 Å². The second kappa shape index (κ2) is 7.13. The first-order chi connectivity index (χ1) is 14.1. The number of furan rings is 1. The zero-order chi connectivity index (χ0) is 20.0. The normalized spacial score (nSPS) is 16.0. The smallest absolute Gasteiger partial charge is 0.258 e. The topological polar surface area (TPSA) is 76.0 Å². The van der Waals surface area contributed by atoms with Gasteiger partial charge in [-0.15, -0.1) is 11.3 Å². The number of H-pyrrole nitrogens is 1. The minimum Gasteiger partial charge on any atom is -0.469 e. The number of nitrogens with zero attached hydrogens (tertiary/aromatic N) is 1. The second-order valence-corrected chi connectivity index (χ2v) is 8.29. The third-order valence-corrected chi connectivity index (χ3v) is 6.25. The highest BCUT2D eigenvalue weighted by Crippen LogP contribution is 2.34. The van der Waals surface area contributed by atoms with E-state index in [0.29, 0.717) is 39.7 Å². The van der Waals surface area contributed by atoms with Crippen LogP contribution in [0.3, 0.4) is 0 Å². The fraction of sp³-hybridized carbons (Fsp3) is 0.136. The maximum Gasteiger partial charge on any atom is 0.258 e. The van der Waals surface area contributed by atoms with E-state index in [9.17, 15) is 9.59 Å². The van der Waals surface area contributed by atoms with E-state index in [1.807, 2.05) is 29.6 Å². The Bertz CT molecular complexity index is 1260.